The fraction of sp³-hybridized carbons (Fsp3) is 0.200. The van der Waals surface area contributed by atoms with E-state index >= 15 is 0 Å². The van der Waals surface area contributed by atoms with Gasteiger partial charge in [0.25, 0.3) is 0 Å². The van der Waals surface area contributed by atoms with E-state index in [1.165, 1.54) is 16.3 Å². The number of nitrogens with one attached hydrogen (secondary N) is 4. The summed E-state index contributed by atoms with van der Waals surface area (Å²) in [5, 5.41) is 17.7. The van der Waals surface area contributed by atoms with Gasteiger partial charge < -0.3 is 15.5 Å². The van der Waals surface area contributed by atoms with E-state index in [2.05, 4.69) is 48.3 Å². The highest BCUT2D eigenvalue weighted by atomic mass is 32.1. The number of aromatic nitrogens is 3. The third kappa shape index (κ3) is 3.88. The lowest BCUT2D eigenvalue weighted by Crippen LogP contribution is -2.43. The molecule has 2 aromatic carbocycles. The second-order valence-electron chi connectivity index (χ2n) is 8.60. The van der Waals surface area contributed by atoms with Crippen molar-refractivity contribution in [2.24, 2.45) is 0 Å². The molecule has 2 aromatic heterocycles. The number of H-pyrrole nitrogens is 1. The maximum Gasteiger partial charge on any atom is 0.338 e. The maximum absolute atomic E-state index is 13.6. The Bertz CT molecular complexity index is 1430. The molecule has 0 unspecified atom stereocenters. The molecule has 0 atom stereocenters. The molecule has 2 amide bonds. The van der Waals surface area contributed by atoms with Gasteiger partial charge in [0.1, 0.15) is 5.69 Å². The van der Waals surface area contributed by atoms with Crippen molar-refractivity contribution in [1.29, 1.82) is 0 Å². The molecule has 10 nitrogen and oxygen atoms in total. The topological polar surface area (TPSA) is 118 Å². The van der Waals surface area contributed by atoms with Gasteiger partial charge in [0.15, 0.2) is 5.78 Å². The summed E-state index contributed by atoms with van der Waals surface area (Å²) in [7, 11) is 1.70. The summed E-state index contributed by atoms with van der Waals surface area (Å²) in [5.74, 6) is -0.167. The number of aromatic amines is 1. The number of amides is 2. The Morgan fingerprint density at radius 1 is 1.11 bits per heavy atom. The van der Waals surface area contributed by atoms with Crippen LogP contribution in [0.2, 0.25) is 0 Å². The molecule has 11 heteroatoms. The number of benzene rings is 2. The van der Waals surface area contributed by atoms with Crippen molar-refractivity contribution in [2.45, 2.75) is 0 Å². The molecule has 4 aromatic rings. The molecule has 6 rings (SSSR count). The highest BCUT2D eigenvalue weighted by Crippen LogP contribution is 2.43. The van der Waals surface area contributed by atoms with Crippen LogP contribution in [0.1, 0.15) is 15.9 Å². The van der Waals surface area contributed by atoms with Gasteiger partial charge in [-0.3, -0.25) is 14.9 Å². The largest absolute Gasteiger partial charge is 0.369 e. The Hall–Kier alpha value is -4.22. The number of carbonyl (C=O) groups is 2. The van der Waals surface area contributed by atoms with Gasteiger partial charge in [-0.15, -0.1) is 11.3 Å². The Balaban J connectivity index is 1.25. The third-order valence-corrected chi connectivity index (χ3v) is 7.25. The first-order chi connectivity index (χ1) is 17.6. The molecule has 1 saturated heterocycles. The van der Waals surface area contributed by atoms with Crippen molar-refractivity contribution in [3.05, 3.63) is 65.2 Å². The van der Waals surface area contributed by atoms with Crippen molar-refractivity contribution in [1.82, 2.24) is 25.9 Å². The van der Waals surface area contributed by atoms with Gasteiger partial charge in [0.2, 0.25) is 5.13 Å². The molecular weight excluding hydrogens is 476 g/mol. The minimum Gasteiger partial charge on any atom is -0.369 e. The number of piperazine rings is 1. The molecule has 0 bridgehead atoms. The molecule has 0 spiro atoms. The molecule has 2 aliphatic rings. The lowest BCUT2D eigenvalue weighted by Gasteiger charge is -2.29. The van der Waals surface area contributed by atoms with E-state index in [-0.39, 0.29) is 5.78 Å². The molecule has 4 N–H and O–H groups in total. The average Bonchev–Trinajstić information content (AvgIpc) is 3.64. The number of carbonyl (C=O) groups excluding carboxylic acids is 2. The van der Waals surface area contributed by atoms with Crippen LogP contribution in [0.4, 0.5) is 21.3 Å². The van der Waals surface area contributed by atoms with Crippen LogP contribution < -0.4 is 26.0 Å². The summed E-state index contributed by atoms with van der Waals surface area (Å²) in [4.78, 5) is 32.8. The molecule has 0 radical (unpaired) electrons. The predicted molar refractivity (Wildman–Crippen MR) is 141 cm³/mol. The number of hydrogen-bond acceptors (Lipinski definition) is 8. The average molecular weight is 501 g/mol. The van der Waals surface area contributed by atoms with Crippen molar-refractivity contribution >= 4 is 39.7 Å². The quantitative estimate of drug-likeness (QED) is 0.273. The van der Waals surface area contributed by atoms with Gasteiger partial charge in [0, 0.05) is 61.6 Å². The number of rotatable bonds is 5. The van der Waals surface area contributed by atoms with Gasteiger partial charge in [0.05, 0.1) is 22.5 Å². The number of anilines is 3. The number of urea groups is 1. The van der Waals surface area contributed by atoms with Crippen LogP contribution >= 0.6 is 11.3 Å². The highest BCUT2D eigenvalue weighted by molar-refractivity contribution is 7.13. The summed E-state index contributed by atoms with van der Waals surface area (Å²) in [5.41, 5.74) is 8.14. The molecule has 1 fully saturated rings. The van der Waals surface area contributed by atoms with E-state index in [0.29, 0.717) is 33.3 Å². The maximum atomic E-state index is 13.6. The Morgan fingerprint density at radius 3 is 2.67 bits per heavy atom. The molecule has 0 saturated carbocycles. The van der Waals surface area contributed by atoms with E-state index < -0.39 is 6.03 Å². The number of hydrazine groups is 1. The van der Waals surface area contributed by atoms with Crippen molar-refractivity contribution < 1.29 is 9.59 Å². The van der Waals surface area contributed by atoms with E-state index in [4.69, 9.17) is 0 Å². The summed E-state index contributed by atoms with van der Waals surface area (Å²) < 4.78 is 0. The van der Waals surface area contributed by atoms with Crippen LogP contribution in [-0.4, -0.2) is 60.2 Å². The molecule has 3 heterocycles. The number of hydrogen-bond donors (Lipinski definition) is 4. The second kappa shape index (κ2) is 9.10. The van der Waals surface area contributed by atoms with E-state index in [9.17, 15) is 9.59 Å². The summed E-state index contributed by atoms with van der Waals surface area (Å²) in [6.45, 7) is 3.87. The molecule has 182 valence electrons. The molecule has 1 aliphatic heterocycles. The predicted octanol–water partition coefficient (Wildman–Crippen LogP) is 3.33. The summed E-state index contributed by atoms with van der Waals surface area (Å²) in [6.07, 6.45) is 1.66. The standard InChI is InChI=1S/C25H24N8O2S/c1-32(25-27-11-14-36-25)31-24(35)28-18-4-2-3-17-19(18)23(34)20-21(29-30-22(17)20)15-5-7-16(8-6-15)33-12-9-26-10-13-33/h2-8,11,14,26H,9-10,12-13H2,1H3,(H,29,30)(H2,28,31,35). The number of fused-ring (bicyclic) bond motifs is 3. The normalized spacial score (nSPS) is 14.4. The van der Waals surface area contributed by atoms with E-state index in [0.717, 1.165) is 43.0 Å². The van der Waals surface area contributed by atoms with E-state index in [1.807, 2.05) is 29.6 Å². The number of ketones is 1. The monoisotopic (exact) mass is 500 g/mol. The first-order valence-electron chi connectivity index (χ1n) is 11.6. The van der Waals surface area contributed by atoms with Crippen LogP contribution in [-0.2, 0) is 0 Å². The Kier molecular flexibility index (Phi) is 5.62. The summed E-state index contributed by atoms with van der Waals surface area (Å²) >= 11 is 1.40. The van der Waals surface area contributed by atoms with Gasteiger partial charge in [-0.05, 0) is 18.2 Å². The molecule has 36 heavy (non-hydrogen) atoms. The highest BCUT2D eigenvalue weighted by Gasteiger charge is 2.35. The lowest BCUT2D eigenvalue weighted by atomic mass is 10.0. The van der Waals surface area contributed by atoms with Gasteiger partial charge in [-0.1, -0.05) is 24.3 Å². The van der Waals surface area contributed by atoms with Crippen LogP contribution in [0.15, 0.2) is 54.0 Å². The SMILES string of the molecule is CN(NC(=O)Nc1cccc2c1C(=O)c1c(-c3ccc(N4CCNCC4)cc3)n[nH]c1-2)c1nccs1. The minimum absolute atomic E-state index is 0.167. The van der Waals surface area contributed by atoms with E-state index in [1.54, 1.807) is 19.3 Å². The minimum atomic E-state index is -0.466. The van der Waals surface area contributed by atoms with Gasteiger partial charge >= 0.3 is 6.03 Å². The summed E-state index contributed by atoms with van der Waals surface area (Å²) in [6, 6.07) is 13.1. The zero-order valence-electron chi connectivity index (χ0n) is 19.5. The zero-order chi connectivity index (χ0) is 24.6. The number of nitrogens with zero attached hydrogens (tertiary/aromatic N) is 4. The van der Waals surface area contributed by atoms with Crippen LogP contribution in [0.3, 0.4) is 0 Å². The van der Waals surface area contributed by atoms with Crippen LogP contribution in [0, 0.1) is 0 Å². The zero-order valence-corrected chi connectivity index (χ0v) is 20.4. The first-order valence-corrected chi connectivity index (χ1v) is 12.5. The van der Waals surface area contributed by atoms with Crippen LogP contribution in [0.5, 0.6) is 0 Å². The van der Waals surface area contributed by atoms with Crippen molar-refractivity contribution in [3.8, 4) is 22.5 Å². The van der Waals surface area contributed by atoms with Crippen LogP contribution in [0.25, 0.3) is 22.5 Å². The Morgan fingerprint density at radius 2 is 1.92 bits per heavy atom. The lowest BCUT2D eigenvalue weighted by molar-refractivity contribution is 0.104. The van der Waals surface area contributed by atoms with Crippen molar-refractivity contribution in [3.63, 3.8) is 0 Å². The number of thiazole rings is 1. The Labute approximate surface area is 211 Å². The smallest absolute Gasteiger partial charge is 0.338 e. The molecular formula is C25H24N8O2S. The molecule has 1 aliphatic carbocycles. The second-order valence-corrected chi connectivity index (χ2v) is 9.48. The third-order valence-electron chi connectivity index (χ3n) is 6.40. The van der Waals surface area contributed by atoms with Gasteiger partial charge in [-0.2, -0.15) is 5.10 Å². The fourth-order valence-electron chi connectivity index (χ4n) is 4.69. The van der Waals surface area contributed by atoms with Crippen molar-refractivity contribution in [2.75, 3.05) is 48.5 Å². The van der Waals surface area contributed by atoms with Gasteiger partial charge in [-0.25, -0.2) is 15.2 Å². The first kappa shape index (κ1) is 22.3. The fourth-order valence-corrected chi connectivity index (χ4v) is 5.26.